The number of rotatable bonds is 8. The van der Waals surface area contributed by atoms with E-state index in [0.29, 0.717) is 22.7 Å². The lowest BCUT2D eigenvalue weighted by atomic mass is 10.1. The van der Waals surface area contributed by atoms with Gasteiger partial charge in [-0.1, -0.05) is 12.1 Å². The largest absolute Gasteiger partial charge is 0.478 e. The molecule has 0 aliphatic heterocycles. The highest BCUT2D eigenvalue weighted by Gasteiger charge is 2.08. The Morgan fingerprint density at radius 1 is 0.774 bits per heavy atom. The molecule has 2 amide bonds. The number of carboxylic acid groups (broad SMARTS) is 1. The Morgan fingerprint density at radius 2 is 1.32 bits per heavy atom. The number of anilines is 2. The molecule has 0 saturated carbocycles. The number of hydrogen-bond acceptors (Lipinski definition) is 4. The van der Waals surface area contributed by atoms with Gasteiger partial charge in [0.1, 0.15) is 5.82 Å². The minimum Gasteiger partial charge on any atom is -0.478 e. The van der Waals surface area contributed by atoms with Crippen LogP contribution in [0, 0.1) is 5.82 Å². The average molecular weight is 438 g/mol. The van der Waals surface area contributed by atoms with Gasteiger partial charge in [-0.05, 0) is 66.2 Å². The van der Waals surface area contributed by atoms with Gasteiger partial charge in [-0.25, -0.2) is 9.18 Å². The molecule has 6 nitrogen and oxygen atoms in total. The summed E-state index contributed by atoms with van der Waals surface area (Å²) in [5.74, 6) is -1.04. The Morgan fingerprint density at radius 3 is 1.94 bits per heavy atom. The van der Waals surface area contributed by atoms with E-state index in [1.165, 1.54) is 60.3 Å². The summed E-state index contributed by atoms with van der Waals surface area (Å²) in [6.07, 6.45) is 0. The molecule has 0 aliphatic rings. The number of hydrogen-bond donors (Lipinski definition) is 3. The number of aromatic carboxylic acids is 1. The molecule has 8 heteroatoms. The monoisotopic (exact) mass is 438 g/mol. The summed E-state index contributed by atoms with van der Waals surface area (Å²) in [6.45, 7) is 0. The molecule has 3 N–H and O–H groups in total. The Hall–Kier alpha value is -3.65. The van der Waals surface area contributed by atoms with Crippen molar-refractivity contribution in [2.75, 3.05) is 16.4 Å². The number of nitrogens with one attached hydrogen (secondary N) is 2. The molecule has 3 aromatic rings. The van der Waals surface area contributed by atoms with Gasteiger partial charge in [-0.15, -0.1) is 11.8 Å². The van der Waals surface area contributed by atoms with Crippen LogP contribution in [0.15, 0.2) is 72.8 Å². The quantitative estimate of drug-likeness (QED) is 0.476. The van der Waals surface area contributed by atoms with Crippen LogP contribution >= 0.6 is 11.8 Å². The fourth-order valence-electron chi connectivity index (χ4n) is 2.64. The molecular formula is C23H19FN2O4S. The van der Waals surface area contributed by atoms with Crippen molar-refractivity contribution in [1.29, 1.82) is 0 Å². The molecule has 0 saturated heterocycles. The molecule has 0 aromatic heterocycles. The minimum absolute atomic E-state index is 0.145. The number of amides is 2. The normalized spacial score (nSPS) is 10.4. The fourth-order valence-corrected chi connectivity index (χ4v) is 3.43. The first kappa shape index (κ1) is 22.0. The number of carbonyl (C=O) groups excluding carboxylic acids is 2. The van der Waals surface area contributed by atoms with Gasteiger partial charge in [-0.2, -0.15) is 0 Å². The molecule has 158 valence electrons. The standard InChI is InChI=1S/C23H19FN2O4S/c24-18-7-11-19(12-8-18)25-21(27)14-31-13-15-1-3-16(4-2-15)22(28)26-20-9-5-17(6-10-20)23(29)30/h1-12H,13-14H2,(H,25,27)(H,26,28)(H,29,30). The molecule has 0 atom stereocenters. The highest BCUT2D eigenvalue weighted by Crippen LogP contribution is 2.16. The Balaban J connectivity index is 1.45. The number of thioether (sulfide) groups is 1. The number of carbonyl (C=O) groups is 3. The van der Waals surface area contributed by atoms with Crippen LogP contribution in [0.5, 0.6) is 0 Å². The van der Waals surface area contributed by atoms with Crippen molar-refractivity contribution in [3.63, 3.8) is 0 Å². The van der Waals surface area contributed by atoms with E-state index in [-0.39, 0.29) is 28.9 Å². The van der Waals surface area contributed by atoms with Crippen LogP contribution in [0.3, 0.4) is 0 Å². The first-order valence-electron chi connectivity index (χ1n) is 9.27. The minimum atomic E-state index is -1.03. The molecule has 0 spiro atoms. The van der Waals surface area contributed by atoms with E-state index in [4.69, 9.17) is 5.11 Å². The van der Waals surface area contributed by atoms with Gasteiger partial charge in [0.25, 0.3) is 5.91 Å². The lowest BCUT2D eigenvalue weighted by Crippen LogP contribution is -2.14. The number of benzene rings is 3. The molecule has 0 fully saturated rings. The van der Waals surface area contributed by atoms with E-state index in [0.717, 1.165) is 5.56 Å². The third kappa shape index (κ3) is 6.68. The second-order valence-corrected chi connectivity index (χ2v) is 7.57. The smallest absolute Gasteiger partial charge is 0.335 e. The van der Waals surface area contributed by atoms with Crippen LogP contribution in [-0.2, 0) is 10.5 Å². The van der Waals surface area contributed by atoms with Crippen LogP contribution in [-0.4, -0.2) is 28.6 Å². The van der Waals surface area contributed by atoms with Crippen molar-refractivity contribution in [1.82, 2.24) is 0 Å². The first-order chi connectivity index (χ1) is 14.9. The lowest BCUT2D eigenvalue weighted by Gasteiger charge is -2.07. The van der Waals surface area contributed by atoms with Gasteiger partial charge >= 0.3 is 5.97 Å². The van der Waals surface area contributed by atoms with E-state index >= 15 is 0 Å². The molecule has 3 aromatic carbocycles. The van der Waals surface area contributed by atoms with Crippen molar-refractivity contribution in [2.45, 2.75) is 5.75 Å². The first-order valence-corrected chi connectivity index (χ1v) is 10.4. The predicted octanol–water partition coefficient (Wildman–Crippen LogP) is 4.65. The summed E-state index contributed by atoms with van der Waals surface area (Å²) < 4.78 is 12.9. The van der Waals surface area contributed by atoms with Crippen molar-refractivity contribution >= 4 is 40.9 Å². The van der Waals surface area contributed by atoms with Gasteiger partial charge in [-0.3, -0.25) is 9.59 Å². The molecule has 0 aliphatic carbocycles. The second kappa shape index (κ2) is 10.4. The molecule has 31 heavy (non-hydrogen) atoms. The van der Waals surface area contributed by atoms with Crippen molar-refractivity contribution in [3.05, 3.63) is 95.3 Å². The zero-order valence-corrected chi connectivity index (χ0v) is 17.1. The molecule has 3 rings (SSSR count). The summed E-state index contributed by atoms with van der Waals surface area (Å²) in [4.78, 5) is 35.2. The van der Waals surface area contributed by atoms with E-state index in [1.54, 1.807) is 12.1 Å². The maximum absolute atomic E-state index is 12.9. The highest BCUT2D eigenvalue weighted by molar-refractivity contribution is 7.99. The summed E-state index contributed by atoms with van der Waals surface area (Å²) in [5.41, 5.74) is 2.61. The maximum atomic E-state index is 12.9. The predicted molar refractivity (Wildman–Crippen MR) is 119 cm³/mol. The van der Waals surface area contributed by atoms with Crippen molar-refractivity contribution in [2.24, 2.45) is 0 Å². The zero-order valence-electron chi connectivity index (χ0n) is 16.3. The van der Waals surface area contributed by atoms with Crippen LogP contribution in [0.2, 0.25) is 0 Å². The Labute approximate surface area is 182 Å². The second-order valence-electron chi connectivity index (χ2n) is 6.58. The van der Waals surface area contributed by atoms with E-state index in [1.807, 2.05) is 12.1 Å². The van der Waals surface area contributed by atoms with Crippen molar-refractivity contribution in [3.8, 4) is 0 Å². The third-order valence-corrected chi connectivity index (χ3v) is 5.24. The lowest BCUT2D eigenvalue weighted by molar-refractivity contribution is -0.113. The number of carboxylic acids is 1. The fraction of sp³-hybridized carbons (Fsp3) is 0.0870. The van der Waals surface area contributed by atoms with E-state index in [9.17, 15) is 18.8 Å². The van der Waals surface area contributed by atoms with Gasteiger partial charge in [0, 0.05) is 22.7 Å². The van der Waals surface area contributed by atoms with Crippen LogP contribution in [0.25, 0.3) is 0 Å². The topological polar surface area (TPSA) is 95.5 Å². The summed E-state index contributed by atoms with van der Waals surface area (Å²) in [7, 11) is 0. The van der Waals surface area contributed by atoms with E-state index in [2.05, 4.69) is 10.6 Å². The van der Waals surface area contributed by atoms with Gasteiger partial charge in [0.2, 0.25) is 5.91 Å². The molecule has 0 radical (unpaired) electrons. The van der Waals surface area contributed by atoms with Crippen LogP contribution < -0.4 is 10.6 Å². The molecule has 0 heterocycles. The summed E-state index contributed by atoms with van der Waals surface area (Å²) in [5, 5.41) is 14.3. The number of halogens is 1. The van der Waals surface area contributed by atoms with Gasteiger partial charge in [0.15, 0.2) is 0 Å². The van der Waals surface area contributed by atoms with Crippen molar-refractivity contribution < 1.29 is 23.9 Å². The van der Waals surface area contributed by atoms with Gasteiger partial charge in [0.05, 0.1) is 11.3 Å². The van der Waals surface area contributed by atoms with E-state index < -0.39 is 5.97 Å². The van der Waals surface area contributed by atoms with Gasteiger partial charge < -0.3 is 15.7 Å². The summed E-state index contributed by atoms with van der Waals surface area (Å²) >= 11 is 1.42. The summed E-state index contributed by atoms with van der Waals surface area (Å²) in [6, 6.07) is 18.5. The highest BCUT2D eigenvalue weighted by atomic mass is 32.2. The Kier molecular flexibility index (Phi) is 7.40. The third-order valence-electron chi connectivity index (χ3n) is 4.24. The molecule has 0 bridgehead atoms. The Bertz CT molecular complexity index is 1070. The maximum Gasteiger partial charge on any atom is 0.335 e. The zero-order chi connectivity index (χ0) is 22.2. The molecule has 0 unspecified atom stereocenters. The molecular weight excluding hydrogens is 419 g/mol. The van der Waals surface area contributed by atoms with Crippen LogP contribution in [0.1, 0.15) is 26.3 Å². The average Bonchev–Trinajstić information content (AvgIpc) is 2.76. The SMILES string of the molecule is O=C(CSCc1ccc(C(=O)Nc2ccc(C(=O)O)cc2)cc1)Nc1ccc(F)cc1. The van der Waals surface area contributed by atoms with Crippen LogP contribution in [0.4, 0.5) is 15.8 Å².